The first-order chi connectivity index (χ1) is 6.20. The van der Waals surface area contributed by atoms with E-state index in [9.17, 15) is 4.79 Å². The van der Waals surface area contributed by atoms with E-state index in [1.807, 2.05) is 0 Å². The molecule has 1 heterocycles. The average molecular weight is 180 g/mol. The number of rotatable bonds is 2. The van der Waals surface area contributed by atoms with E-state index in [2.05, 4.69) is 11.6 Å². The van der Waals surface area contributed by atoms with Gasteiger partial charge >= 0.3 is 6.03 Å². The van der Waals surface area contributed by atoms with Gasteiger partial charge in [-0.25, -0.2) is 9.48 Å². The van der Waals surface area contributed by atoms with E-state index < -0.39 is 0 Å². The zero-order valence-corrected chi connectivity index (χ0v) is 7.71. The van der Waals surface area contributed by atoms with E-state index in [0.717, 1.165) is 0 Å². The summed E-state index contributed by atoms with van der Waals surface area (Å²) in [5.74, 6) is 0. The summed E-state index contributed by atoms with van der Waals surface area (Å²) >= 11 is 0. The van der Waals surface area contributed by atoms with Crippen LogP contribution in [0.15, 0.2) is 30.2 Å². The lowest BCUT2D eigenvalue weighted by atomic mass is 10.7. The zero-order valence-electron chi connectivity index (χ0n) is 7.71. The Balaban J connectivity index is 2.79. The number of nitrogens with zero attached hydrogens (tertiary/aromatic N) is 4. The molecule has 1 rings (SSSR count). The van der Waals surface area contributed by atoms with Crippen molar-refractivity contribution in [3.05, 3.63) is 25.2 Å². The monoisotopic (exact) mass is 180 g/mol. The minimum atomic E-state index is -0.203. The molecular weight excluding hydrogens is 168 g/mol. The van der Waals surface area contributed by atoms with Crippen LogP contribution in [0.25, 0.3) is 0 Å². The molecule has 13 heavy (non-hydrogen) atoms. The maximum Gasteiger partial charge on any atom is 0.352 e. The highest BCUT2D eigenvalue weighted by Crippen LogP contribution is 1.97. The highest BCUT2D eigenvalue weighted by atomic mass is 16.2. The topological polar surface area (TPSA) is 42.5 Å². The molecule has 1 aromatic rings. The fraction of sp³-hybridized carbons (Fsp3) is 0.250. The largest absolute Gasteiger partial charge is 0.352 e. The van der Waals surface area contributed by atoms with Crippen molar-refractivity contribution in [3.63, 3.8) is 0 Å². The quantitative estimate of drug-likeness (QED) is 0.492. The number of aryl methyl sites for hydroxylation is 1. The molecule has 0 radical (unpaired) electrons. The fourth-order valence-electron chi connectivity index (χ4n) is 0.883. The highest BCUT2D eigenvalue weighted by molar-refractivity contribution is 5.88. The molecule has 0 atom stereocenters. The van der Waals surface area contributed by atoms with Crippen molar-refractivity contribution in [2.45, 2.75) is 0 Å². The average Bonchev–Trinajstić information content (AvgIpc) is 2.11. The van der Waals surface area contributed by atoms with Gasteiger partial charge in [0, 0.05) is 32.7 Å². The van der Waals surface area contributed by atoms with Gasteiger partial charge in [-0.05, 0) is 0 Å². The maximum atomic E-state index is 11.6. The van der Waals surface area contributed by atoms with Gasteiger partial charge in [-0.15, -0.1) is 0 Å². The molecule has 0 fully saturated rings. The summed E-state index contributed by atoms with van der Waals surface area (Å²) in [5.41, 5.74) is 0. The summed E-state index contributed by atoms with van der Waals surface area (Å²) < 4.78 is 3.12. The minimum Gasteiger partial charge on any atom is -0.286 e. The van der Waals surface area contributed by atoms with Crippen LogP contribution < -0.4 is 0 Å². The molecule has 0 aromatic carbocycles. The molecule has 0 N–H and O–H groups in total. The van der Waals surface area contributed by atoms with Gasteiger partial charge in [0.15, 0.2) is 0 Å². The Morgan fingerprint density at radius 1 is 1.62 bits per heavy atom. The van der Waals surface area contributed by atoms with Gasteiger partial charge in [0.2, 0.25) is 0 Å². The normalized spacial score (nSPS) is 10.6. The lowest BCUT2D eigenvalue weighted by Crippen LogP contribution is -2.35. The van der Waals surface area contributed by atoms with Crippen LogP contribution >= 0.6 is 0 Å². The second-order valence-corrected chi connectivity index (χ2v) is 2.46. The van der Waals surface area contributed by atoms with Gasteiger partial charge in [-0.1, -0.05) is 6.58 Å². The molecule has 0 spiro atoms. The number of aromatic nitrogens is 2. The lowest BCUT2D eigenvalue weighted by Gasteiger charge is -2.19. The van der Waals surface area contributed by atoms with E-state index >= 15 is 0 Å². The fourth-order valence-corrected chi connectivity index (χ4v) is 0.883. The van der Waals surface area contributed by atoms with Crippen LogP contribution in [0.3, 0.4) is 0 Å². The molecule has 0 bridgehead atoms. The first kappa shape index (κ1) is 9.31. The number of carbonyl (C=O) groups is 1. The summed E-state index contributed by atoms with van der Waals surface area (Å²) in [6, 6.07) is -0.203. The zero-order chi connectivity index (χ0) is 9.84. The number of hydrogen-bond acceptors (Lipinski definition) is 2. The summed E-state index contributed by atoms with van der Waals surface area (Å²) in [6.45, 7) is 3.51. The Morgan fingerprint density at radius 2 is 2.31 bits per heavy atom. The highest BCUT2D eigenvalue weighted by Gasteiger charge is 2.12. The Bertz CT molecular complexity index is 334. The molecule has 5 heteroatoms. The molecule has 0 aliphatic carbocycles. The maximum absolute atomic E-state index is 11.6. The van der Waals surface area contributed by atoms with Crippen LogP contribution in [0.4, 0.5) is 4.79 Å². The number of amides is 1. The van der Waals surface area contributed by atoms with Crippen molar-refractivity contribution in [2.24, 2.45) is 12.0 Å². The standard InChI is InChI=1S/C8H12N4O/c1-4-11(7-9-2)8(13)12-6-5-10(12)3/h4-7H,1H2,2-3H3. The van der Waals surface area contributed by atoms with Crippen LogP contribution in [-0.2, 0) is 7.05 Å². The summed E-state index contributed by atoms with van der Waals surface area (Å²) in [7, 11) is 3.38. The third kappa shape index (κ3) is 1.69. The van der Waals surface area contributed by atoms with Crippen LogP contribution in [-0.4, -0.2) is 33.7 Å². The third-order valence-corrected chi connectivity index (χ3v) is 1.62. The first-order valence-electron chi connectivity index (χ1n) is 3.78. The molecule has 1 amide bonds. The van der Waals surface area contributed by atoms with Crippen LogP contribution in [0.5, 0.6) is 0 Å². The predicted octanol–water partition coefficient (Wildman–Crippen LogP) is 0.898. The van der Waals surface area contributed by atoms with Crippen LogP contribution in [0.2, 0.25) is 0 Å². The summed E-state index contributed by atoms with van der Waals surface area (Å²) in [4.78, 5) is 16.6. The van der Waals surface area contributed by atoms with Crippen molar-refractivity contribution in [2.75, 3.05) is 7.05 Å². The Hall–Kier alpha value is -1.78. The molecule has 0 unspecified atom stereocenters. The third-order valence-electron chi connectivity index (χ3n) is 1.62. The van der Waals surface area contributed by atoms with E-state index in [0.29, 0.717) is 0 Å². The summed E-state index contributed by atoms with van der Waals surface area (Å²) in [5, 5.41) is 0. The van der Waals surface area contributed by atoms with Crippen molar-refractivity contribution < 1.29 is 4.79 Å². The van der Waals surface area contributed by atoms with Crippen molar-refractivity contribution in [1.29, 1.82) is 0 Å². The lowest BCUT2D eigenvalue weighted by molar-refractivity contribution is 0.223. The van der Waals surface area contributed by atoms with E-state index in [4.69, 9.17) is 0 Å². The van der Waals surface area contributed by atoms with Gasteiger partial charge in [-0.3, -0.25) is 14.6 Å². The van der Waals surface area contributed by atoms with Gasteiger partial charge in [0.1, 0.15) is 0 Å². The second-order valence-electron chi connectivity index (χ2n) is 2.46. The van der Waals surface area contributed by atoms with Gasteiger partial charge in [0.05, 0.1) is 6.34 Å². The summed E-state index contributed by atoms with van der Waals surface area (Å²) in [6.07, 6.45) is 6.27. The minimum absolute atomic E-state index is 0.203. The predicted molar refractivity (Wildman–Crippen MR) is 50.6 cm³/mol. The number of carbonyl (C=O) groups excluding carboxylic acids is 1. The van der Waals surface area contributed by atoms with Gasteiger partial charge in [0.25, 0.3) is 0 Å². The van der Waals surface area contributed by atoms with Crippen LogP contribution in [0.1, 0.15) is 0 Å². The van der Waals surface area contributed by atoms with Gasteiger partial charge < -0.3 is 0 Å². The smallest absolute Gasteiger partial charge is 0.286 e. The van der Waals surface area contributed by atoms with Crippen molar-refractivity contribution in [3.8, 4) is 0 Å². The number of aliphatic imine (C=N–C) groups is 1. The molecule has 0 aliphatic rings. The molecule has 1 aromatic heterocycles. The molecule has 0 saturated heterocycles. The second kappa shape index (κ2) is 3.75. The first-order valence-corrected chi connectivity index (χ1v) is 3.78. The van der Waals surface area contributed by atoms with E-state index in [-0.39, 0.29) is 6.03 Å². The molecule has 5 nitrogen and oxygen atoms in total. The molecule has 0 saturated carbocycles. The molecule has 0 aliphatic heterocycles. The van der Waals surface area contributed by atoms with E-state index in [1.165, 1.54) is 22.1 Å². The Morgan fingerprint density at radius 3 is 2.62 bits per heavy atom. The van der Waals surface area contributed by atoms with E-state index in [1.54, 1.807) is 31.2 Å². The Kier molecular flexibility index (Phi) is 2.69. The Labute approximate surface area is 76.6 Å². The molecule has 70 valence electrons. The number of hydrogen-bond donors (Lipinski definition) is 0. The van der Waals surface area contributed by atoms with Crippen LogP contribution in [0, 0.1) is 0 Å². The van der Waals surface area contributed by atoms with Gasteiger partial charge in [-0.2, -0.15) is 0 Å². The van der Waals surface area contributed by atoms with Crippen molar-refractivity contribution >= 4 is 12.4 Å². The van der Waals surface area contributed by atoms with Crippen molar-refractivity contribution in [1.82, 2.24) is 14.3 Å². The SMILES string of the molecule is C=CN(C=NC)C(=O)n1ccn1C. The molecular formula is C8H12N4O.